The van der Waals surface area contributed by atoms with Crippen LogP contribution in [0.1, 0.15) is 10.4 Å². The number of para-hydroxylation sites is 1. The van der Waals surface area contributed by atoms with E-state index >= 15 is 0 Å². The first-order valence-corrected chi connectivity index (χ1v) is 6.87. The van der Waals surface area contributed by atoms with Crippen LogP contribution in [0.3, 0.4) is 0 Å². The molecule has 1 aromatic carbocycles. The van der Waals surface area contributed by atoms with Crippen LogP contribution >= 0.6 is 0 Å². The summed E-state index contributed by atoms with van der Waals surface area (Å²) >= 11 is 0. The third-order valence-corrected chi connectivity index (χ3v) is 3.80. The number of esters is 1. The predicted molar refractivity (Wildman–Crippen MR) is 80.1 cm³/mol. The van der Waals surface area contributed by atoms with Gasteiger partial charge in [-0.3, -0.25) is 0 Å². The number of benzene rings is 1. The number of hydrogen-bond donors (Lipinski definition) is 0. The van der Waals surface area contributed by atoms with Gasteiger partial charge in [0, 0.05) is 32.6 Å². The highest BCUT2D eigenvalue weighted by Crippen LogP contribution is 2.32. The highest BCUT2D eigenvalue weighted by molar-refractivity contribution is 5.96. The van der Waals surface area contributed by atoms with Crippen molar-refractivity contribution in [2.45, 2.75) is 6.10 Å². The van der Waals surface area contributed by atoms with Crippen LogP contribution in [0.5, 0.6) is 0 Å². The van der Waals surface area contributed by atoms with Gasteiger partial charge in [-0.2, -0.15) is 0 Å². The molecule has 0 radical (unpaired) electrons. The lowest BCUT2D eigenvalue weighted by molar-refractivity contribution is 0.0600. The van der Waals surface area contributed by atoms with Crippen LogP contribution in [-0.2, 0) is 9.47 Å². The van der Waals surface area contributed by atoms with Gasteiger partial charge in [0.2, 0.25) is 0 Å². The van der Waals surface area contributed by atoms with Crippen molar-refractivity contribution in [3.8, 4) is 5.69 Å². The van der Waals surface area contributed by atoms with E-state index in [4.69, 9.17) is 9.47 Å². The number of methoxy groups -OCH3 is 2. The minimum absolute atomic E-state index is 0.254. The molecule has 3 rings (SSSR count). The van der Waals surface area contributed by atoms with Crippen LogP contribution in [0.2, 0.25) is 0 Å². The fraction of sp³-hybridized carbons (Fsp3) is 0.312. The summed E-state index contributed by atoms with van der Waals surface area (Å²) in [5.41, 5.74) is 2.43. The highest BCUT2D eigenvalue weighted by atomic mass is 16.5. The number of aromatic nitrogens is 1. The minimum Gasteiger partial charge on any atom is -0.465 e. The molecule has 1 saturated heterocycles. The van der Waals surface area contributed by atoms with Crippen molar-refractivity contribution in [1.29, 1.82) is 0 Å². The van der Waals surface area contributed by atoms with Crippen LogP contribution in [0.15, 0.2) is 42.7 Å². The monoisotopic (exact) mass is 286 g/mol. The molecule has 5 nitrogen and oxygen atoms in total. The van der Waals surface area contributed by atoms with Crippen molar-refractivity contribution in [3.05, 3.63) is 48.3 Å². The summed E-state index contributed by atoms with van der Waals surface area (Å²) in [6.45, 7) is 1.66. The third-order valence-electron chi connectivity index (χ3n) is 3.80. The van der Waals surface area contributed by atoms with Crippen molar-refractivity contribution >= 4 is 11.7 Å². The summed E-state index contributed by atoms with van der Waals surface area (Å²) in [5, 5.41) is 0. The maximum Gasteiger partial charge on any atom is 0.340 e. The summed E-state index contributed by atoms with van der Waals surface area (Å²) < 4.78 is 12.2. The van der Waals surface area contributed by atoms with Gasteiger partial charge in [-0.1, -0.05) is 6.07 Å². The number of ether oxygens (including phenoxy) is 2. The fourth-order valence-electron chi connectivity index (χ4n) is 2.60. The molecule has 0 unspecified atom stereocenters. The van der Waals surface area contributed by atoms with Gasteiger partial charge in [-0.25, -0.2) is 4.79 Å². The van der Waals surface area contributed by atoms with E-state index in [0.29, 0.717) is 5.56 Å². The maximum atomic E-state index is 12.1. The highest BCUT2D eigenvalue weighted by Gasteiger charge is 2.30. The second-order valence-electron chi connectivity index (χ2n) is 5.02. The Kier molecular flexibility index (Phi) is 3.66. The lowest BCUT2D eigenvalue weighted by Gasteiger charge is -2.41. The molecule has 110 valence electrons. The van der Waals surface area contributed by atoms with Crippen LogP contribution < -0.4 is 4.90 Å². The first-order valence-electron chi connectivity index (χ1n) is 6.87. The number of hydrogen-bond acceptors (Lipinski definition) is 4. The standard InChI is InChI=1S/C16H18N2O3/c1-20-12-10-18(11-12)14-7-5-6-13(16(19)21-2)15(14)17-8-3-4-9-17/h3-9,12H,10-11H2,1-2H3. The molecular weight excluding hydrogens is 268 g/mol. The van der Waals surface area contributed by atoms with E-state index in [1.165, 1.54) is 7.11 Å². The summed E-state index contributed by atoms with van der Waals surface area (Å²) in [6.07, 6.45) is 4.11. The Morgan fingerprint density at radius 1 is 1.14 bits per heavy atom. The molecule has 1 aromatic heterocycles. The van der Waals surface area contributed by atoms with Gasteiger partial charge in [0.25, 0.3) is 0 Å². The molecule has 0 amide bonds. The van der Waals surface area contributed by atoms with E-state index < -0.39 is 0 Å². The Balaban J connectivity index is 2.05. The van der Waals surface area contributed by atoms with E-state index in [1.807, 2.05) is 41.2 Å². The molecule has 0 saturated carbocycles. The molecule has 5 heteroatoms. The molecule has 2 heterocycles. The second-order valence-corrected chi connectivity index (χ2v) is 5.02. The zero-order chi connectivity index (χ0) is 14.8. The molecule has 0 atom stereocenters. The van der Waals surface area contributed by atoms with E-state index in [2.05, 4.69) is 4.90 Å². The molecular formula is C16H18N2O3. The zero-order valence-electron chi connectivity index (χ0n) is 12.2. The van der Waals surface area contributed by atoms with Crippen LogP contribution in [-0.4, -0.2) is 43.9 Å². The quantitative estimate of drug-likeness (QED) is 0.807. The van der Waals surface area contributed by atoms with Gasteiger partial charge < -0.3 is 18.9 Å². The summed E-state index contributed by atoms with van der Waals surface area (Å²) in [7, 11) is 3.12. The number of anilines is 1. The van der Waals surface area contributed by atoms with Crippen molar-refractivity contribution < 1.29 is 14.3 Å². The molecule has 0 spiro atoms. The van der Waals surface area contributed by atoms with Crippen molar-refractivity contribution in [2.75, 3.05) is 32.2 Å². The molecule has 0 aliphatic carbocycles. The Hall–Kier alpha value is -2.27. The SMILES string of the molecule is COC(=O)c1cccc(N2CC(OC)C2)c1-n1cccc1. The molecule has 0 bridgehead atoms. The van der Waals surface area contributed by atoms with Crippen LogP contribution in [0.4, 0.5) is 5.69 Å². The van der Waals surface area contributed by atoms with E-state index in [1.54, 1.807) is 13.2 Å². The van der Waals surface area contributed by atoms with E-state index in [-0.39, 0.29) is 12.1 Å². The zero-order valence-corrected chi connectivity index (χ0v) is 12.2. The molecule has 1 aliphatic rings. The minimum atomic E-state index is -0.329. The molecule has 21 heavy (non-hydrogen) atoms. The molecule has 2 aromatic rings. The Morgan fingerprint density at radius 2 is 1.86 bits per heavy atom. The normalized spacial score (nSPS) is 14.9. The van der Waals surface area contributed by atoms with Crippen molar-refractivity contribution in [1.82, 2.24) is 4.57 Å². The van der Waals surface area contributed by atoms with Gasteiger partial charge in [0.15, 0.2) is 0 Å². The topological polar surface area (TPSA) is 43.7 Å². The maximum absolute atomic E-state index is 12.1. The largest absolute Gasteiger partial charge is 0.465 e. The third kappa shape index (κ3) is 2.40. The Bertz CT molecular complexity index is 631. The van der Waals surface area contributed by atoms with Gasteiger partial charge in [0.1, 0.15) is 0 Å². The van der Waals surface area contributed by atoms with E-state index in [9.17, 15) is 4.79 Å². The van der Waals surface area contributed by atoms with Gasteiger partial charge >= 0.3 is 5.97 Å². The average molecular weight is 286 g/mol. The van der Waals surface area contributed by atoms with Crippen LogP contribution in [0, 0.1) is 0 Å². The lowest BCUT2D eigenvalue weighted by Crippen LogP contribution is -2.52. The predicted octanol–water partition coefficient (Wildman–Crippen LogP) is 2.10. The molecule has 0 N–H and O–H groups in total. The number of carbonyl (C=O) groups is 1. The Labute approximate surface area is 123 Å². The average Bonchev–Trinajstić information content (AvgIpc) is 2.99. The summed E-state index contributed by atoms with van der Waals surface area (Å²) in [4.78, 5) is 14.3. The molecule has 1 aliphatic heterocycles. The molecule has 1 fully saturated rings. The van der Waals surface area contributed by atoms with Crippen LogP contribution in [0.25, 0.3) is 5.69 Å². The van der Waals surface area contributed by atoms with Gasteiger partial charge in [-0.05, 0) is 24.3 Å². The van der Waals surface area contributed by atoms with Gasteiger partial charge in [-0.15, -0.1) is 0 Å². The first-order chi connectivity index (χ1) is 10.2. The summed E-state index contributed by atoms with van der Waals surface area (Å²) in [5.74, 6) is -0.329. The summed E-state index contributed by atoms with van der Waals surface area (Å²) in [6, 6.07) is 9.57. The smallest absolute Gasteiger partial charge is 0.340 e. The van der Waals surface area contributed by atoms with Gasteiger partial charge in [0.05, 0.1) is 30.2 Å². The Morgan fingerprint density at radius 3 is 2.48 bits per heavy atom. The second kappa shape index (κ2) is 5.61. The number of rotatable bonds is 4. The van der Waals surface area contributed by atoms with Crippen molar-refractivity contribution in [2.24, 2.45) is 0 Å². The van der Waals surface area contributed by atoms with E-state index in [0.717, 1.165) is 24.5 Å². The first kappa shape index (κ1) is 13.7. The lowest BCUT2D eigenvalue weighted by atomic mass is 10.1. The van der Waals surface area contributed by atoms with Crippen molar-refractivity contribution in [3.63, 3.8) is 0 Å². The number of carbonyl (C=O) groups excluding carboxylic acids is 1. The fourth-order valence-corrected chi connectivity index (χ4v) is 2.60. The number of nitrogens with zero attached hydrogens (tertiary/aromatic N) is 2.